The van der Waals surface area contributed by atoms with E-state index in [-0.39, 0.29) is 23.1 Å². The molecule has 33 heavy (non-hydrogen) atoms. The molecule has 1 atom stereocenters. The number of benzene rings is 2. The van der Waals surface area contributed by atoms with Gasteiger partial charge in [-0.1, -0.05) is 63.2 Å². The lowest BCUT2D eigenvalue weighted by Gasteiger charge is -2.39. The number of nitrogens with one attached hydrogen (secondary N) is 2. The van der Waals surface area contributed by atoms with E-state index in [1.54, 1.807) is 10.9 Å². The lowest BCUT2D eigenvalue weighted by atomic mass is 9.73. The molecule has 2 aliphatic rings. The summed E-state index contributed by atoms with van der Waals surface area (Å²) >= 11 is 0. The molecule has 0 saturated heterocycles. The number of anilines is 2. The van der Waals surface area contributed by atoms with Crippen LogP contribution in [0, 0.1) is 5.41 Å². The van der Waals surface area contributed by atoms with Crippen LogP contribution in [0.4, 0.5) is 11.5 Å². The van der Waals surface area contributed by atoms with Gasteiger partial charge in [0, 0.05) is 23.4 Å². The van der Waals surface area contributed by atoms with Crippen molar-refractivity contribution < 1.29 is 9.59 Å². The summed E-state index contributed by atoms with van der Waals surface area (Å²) in [5, 5.41) is 11.0. The van der Waals surface area contributed by atoms with Crippen molar-refractivity contribution in [2.24, 2.45) is 5.41 Å². The monoisotopic (exact) mass is 440 g/mol. The predicted octanol–water partition coefficient (Wildman–Crippen LogP) is 5.36. The van der Waals surface area contributed by atoms with E-state index in [4.69, 9.17) is 0 Å². The van der Waals surface area contributed by atoms with E-state index in [1.165, 1.54) is 5.56 Å². The number of para-hydroxylation sites is 1. The first-order valence-corrected chi connectivity index (χ1v) is 11.4. The highest BCUT2D eigenvalue weighted by Gasteiger charge is 2.42. The number of allylic oxidation sites excluding steroid dienone is 2. The number of amides is 1. The quantitative estimate of drug-likeness (QED) is 0.573. The number of carbonyl (C=O) groups excluding carboxylic acids is 2. The third kappa shape index (κ3) is 3.86. The highest BCUT2D eigenvalue weighted by atomic mass is 16.1. The zero-order valence-electron chi connectivity index (χ0n) is 19.2. The fraction of sp³-hybridized carbons (Fsp3) is 0.296. The molecule has 1 aliphatic heterocycles. The van der Waals surface area contributed by atoms with Crippen molar-refractivity contribution in [3.63, 3.8) is 0 Å². The Morgan fingerprint density at radius 1 is 1.12 bits per heavy atom. The first-order chi connectivity index (χ1) is 15.9. The molecule has 0 unspecified atom stereocenters. The van der Waals surface area contributed by atoms with E-state index in [1.807, 2.05) is 30.3 Å². The van der Waals surface area contributed by atoms with Gasteiger partial charge in [-0.3, -0.25) is 9.59 Å². The topological polar surface area (TPSA) is 76.0 Å². The number of ketones is 1. The van der Waals surface area contributed by atoms with Gasteiger partial charge in [0.25, 0.3) is 5.91 Å². The molecular formula is C27H28N4O2. The number of hydrogen-bond donors (Lipinski definition) is 2. The van der Waals surface area contributed by atoms with Crippen LogP contribution in [-0.4, -0.2) is 21.5 Å². The number of nitrogens with zero attached hydrogens (tertiary/aromatic N) is 2. The highest BCUT2D eigenvalue weighted by molar-refractivity contribution is 6.08. The zero-order chi connectivity index (χ0) is 23.2. The molecule has 0 fully saturated rings. The third-order valence-electron chi connectivity index (χ3n) is 6.48. The molecule has 2 aromatic carbocycles. The van der Waals surface area contributed by atoms with Gasteiger partial charge < -0.3 is 10.6 Å². The Labute approximate surface area is 193 Å². The van der Waals surface area contributed by atoms with Gasteiger partial charge in [-0.25, -0.2) is 4.68 Å². The minimum atomic E-state index is -0.357. The second-order valence-electron chi connectivity index (χ2n) is 9.63. The van der Waals surface area contributed by atoms with Gasteiger partial charge in [0.2, 0.25) is 0 Å². The van der Waals surface area contributed by atoms with Crippen molar-refractivity contribution in [1.82, 2.24) is 9.78 Å². The standard InChI is InChI=1S/C27H28N4O2/c1-4-17-10-12-18(13-11-17)24-23-21(14-27(2,3)15-22(23)32)30-25-20(16-28-31(24)25)26(33)29-19-8-6-5-7-9-19/h5-13,16,24,30H,4,14-15H2,1-3H3,(H,29,33)/t24-/m0/s1. The van der Waals surface area contributed by atoms with E-state index in [2.05, 4.69) is 60.8 Å². The summed E-state index contributed by atoms with van der Waals surface area (Å²) in [6.45, 7) is 6.34. The molecule has 2 heterocycles. The van der Waals surface area contributed by atoms with Crippen LogP contribution in [0.3, 0.4) is 0 Å². The minimum Gasteiger partial charge on any atom is -0.343 e. The Bertz CT molecular complexity index is 1250. The van der Waals surface area contributed by atoms with Crippen molar-refractivity contribution >= 4 is 23.2 Å². The second-order valence-corrected chi connectivity index (χ2v) is 9.63. The number of fused-ring (bicyclic) bond motifs is 1. The van der Waals surface area contributed by atoms with Crippen molar-refractivity contribution in [3.05, 3.63) is 88.8 Å². The molecule has 0 saturated carbocycles. The molecule has 0 radical (unpaired) electrons. The molecule has 0 bridgehead atoms. The zero-order valence-corrected chi connectivity index (χ0v) is 19.2. The number of Topliss-reactive ketones (excluding diaryl/α,β-unsaturated/α-hetero) is 1. The summed E-state index contributed by atoms with van der Waals surface area (Å²) in [5.74, 6) is 0.521. The Balaban J connectivity index is 1.60. The van der Waals surface area contributed by atoms with Crippen LogP contribution in [0.2, 0.25) is 0 Å². The average molecular weight is 441 g/mol. The van der Waals surface area contributed by atoms with Crippen molar-refractivity contribution in [2.45, 2.75) is 46.1 Å². The van der Waals surface area contributed by atoms with Crippen LogP contribution in [0.5, 0.6) is 0 Å². The maximum Gasteiger partial charge on any atom is 0.261 e. The number of rotatable bonds is 4. The third-order valence-corrected chi connectivity index (χ3v) is 6.48. The van der Waals surface area contributed by atoms with E-state index >= 15 is 0 Å². The van der Waals surface area contributed by atoms with Crippen molar-refractivity contribution in [2.75, 3.05) is 10.6 Å². The SMILES string of the molecule is CCc1ccc([C@H]2C3=C(CC(C)(C)CC3=O)Nc3c(C(=O)Nc4ccccc4)cnn32)cc1. The molecule has 168 valence electrons. The summed E-state index contributed by atoms with van der Waals surface area (Å²) in [6, 6.07) is 17.3. The Hall–Kier alpha value is -3.67. The first-order valence-electron chi connectivity index (χ1n) is 11.4. The van der Waals surface area contributed by atoms with E-state index < -0.39 is 0 Å². The van der Waals surface area contributed by atoms with Gasteiger partial charge in [0.05, 0.1) is 6.20 Å². The number of hydrogen-bond acceptors (Lipinski definition) is 4. The van der Waals surface area contributed by atoms with Crippen molar-refractivity contribution in [1.29, 1.82) is 0 Å². The van der Waals surface area contributed by atoms with Gasteiger partial charge in [0.1, 0.15) is 17.4 Å². The second kappa shape index (κ2) is 8.03. The highest BCUT2D eigenvalue weighted by Crippen LogP contribution is 2.46. The maximum absolute atomic E-state index is 13.3. The summed E-state index contributed by atoms with van der Waals surface area (Å²) in [7, 11) is 0. The lowest BCUT2D eigenvalue weighted by molar-refractivity contribution is -0.118. The summed E-state index contributed by atoms with van der Waals surface area (Å²) < 4.78 is 1.79. The molecule has 1 amide bonds. The molecule has 2 N–H and O–H groups in total. The van der Waals surface area contributed by atoms with Gasteiger partial charge in [-0.15, -0.1) is 0 Å². The summed E-state index contributed by atoms with van der Waals surface area (Å²) in [5.41, 5.74) is 4.91. The number of carbonyl (C=O) groups is 2. The van der Waals surface area contributed by atoms with Crippen LogP contribution in [0.25, 0.3) is 0 Å². The van der Waals surface area contributed by atoms with Gasteiger partial charge in [-0.2, -0.15) is 5.10 Å². The smallest absolute Gasteiger partial charge is 0.261 e. The Morgan fingerprint density at radius 3 is 2.55 bits per heavy atom. The summed E-state index contributed by atoms with van der Waals surface area (Å²) in [6.07, 6.45) is 3.77. The molecule has 6 nitrogen and oxygen atoms in total. The Morgan fingerprint density at radius 2 is 1.85 bits per heavy atom. The largest absolute Gasteiger partial charge is 0.343 e. The minimum absolute atomic E-state index is 0.134. The molecule has 3 aromatic rings. The predicted molar refractivity (Wildman–Crippen MR) is 129 cm³/mol. The molecule has 1 aliphatic carbocycles. The van der Waals surface area contributed by atoms with Gasteiger partial charge >= 0.3 is 0 Å². The van der Waals surface area contributed by atoms with Crippen molar-refractivity contribution in [3.8, 4) is 0 Å². The van der Waals surface area contributed by atoms with Gasteiger partial charge in [-0.05, 0) is 41.5 Å². The van der Waals surface area contributed by atoms with E-state index in [0.717, 1.165) is 35.4 Å². The summed E-state index contributed by atoms with van der Waals surface area (Å²) in [4.78, 5) is 26.5. The molecule has 1 aromatic heterocycles. The lowest BCUT2D eigenvalue weighted by Crippen LogP contribution is -2.37. The number of aryl methyl sites for hydroxylation is 1. The normalized spacial score (nSPS) is 18.9. The van der Waals surface area contributed by atoms with Crippen LogP contribution in [0.15, 0.2) is 72.1 Å². The number of aromatic nitrogens is 2. The van der Waals surface area contributed by atoms with Gasteiger partial charge in [0.15, 0.2) is 5.78 Å². The molecule has 0 spiro atoms. The van der Waals surface area contributed by atoms with E-state index in [0.29, 0.717) is 17.8 Å². The van der Waals surface area contributed by atoms with Crippen LogP contribution in [-0.2, 0) is 11.2 Å². The Kier molecular flexibility index (Phi) is 5.16. The fourth-order valence-electron chi connectivity index (χ4n) is 4.84. The first kappa shape index (κ1) is 21.2. The molecule has 6 heteroatoms. The van der Waals surface area contributed by atoms with Crippen LogP contribution in [0.1, 0.15) is 61.1 Å². The van der Waals surface area contributed by atoms with Crippen LogP contribution >= 0.6 is 0 Å². The van der Waals surface area contributed by atoms with Crippen LogP contribution < -0.4 is 10.6 Å². The maximum atomic E-state index is 13.3. The fourth-order valence-corrected chi connectivity index (χ4v) is 4.84. The average Bonchev–Trinajstić information content (AvgIpc) is 3.21. The molecular weight excluding hydrogens is 412 g/mol. The molecule has 5 rings (SSSR count). The van der Waals surface area contributed by atoms with E-state index in [9.17, 15) is 9.59 Å².